The minimum atomic E-state index is -0.436. The van der Waals surface area contributed by atoms with Crippen molar-refractivity contribution >= 4 is 12.0 Å². The molecule has 1 heterocycles. The van der Waals surface area contributed by atoms with Crippen LogP contribution in [-0.2, 0) is 9.53 Å². The zero-order chi connectivity index (χ0) is 12.3. The molecule has 0 aromatic carbocycles. The third-order valence-electron chi connectivity index (χ3n) is 3.70. The highest BCUT2D eigenvalue weighted by Crippen LogP contribution is 2.26. The van der Waals surface area contributed by atoms with Crippen LogP contribution in [0.1, 0.15) is 32.1 Å². The van der Waals surface area contributed by atoms with E-state index in [1.165, 1.54) is 19.3 Å². The number of nitrogens with zero attached hydrogens (tertiary/aromatic N) is 1. The maximum Gasteiger partial charge on any atom is 0.410 e. The highest BCUT2D eigenvalue weighted by molar-refractivity contribution is 5.87. The molecule has 2 amide bonds. The van der Waals surface area contributed by atoms with E-state index in [1.54, 1.807) is 11.9 Å². The van der Waals surface area contributed by atoms with Gasteiger partial charge in [0.25, 0.3) is 0 Å². The maximum atomic E-state index is 11.6. The molecule has 1 N–H and O–H groups in total. The van der Waals surface area contributed by atoms with E-state index in [4.69, 9.17) is 4.74 Å². The third-order valence-corrected chi connectivity index (χ3v) is 3.70. The number of carbonyl (C=O) groups is 2. The Kier molecular flexibility index (Phi) is 3.86. The summed E-state index contributed by atoms with van der Waals surface area (Å²) in [6, 6.07) is -0.436. The fourth-order valence-electron chi connectivity index (χ4n) is 2.68. The van der Waals surface area contributed by atoms with Crippen molar-refractivity contribution in [2.45, 2.75) is 38.1 Å². The molecule has 1 saturated heterocycles. The predicted molar refractivity (Wildman–Crippen MR) is 62.5 cm³/mol. The van der Waals surface area contributed by atoms with Gasteiger partial charge >= 0.3 is 6.09 Å². The Morgan fingerprint density at radius 1 is 1.41 bits per heavy atom. The van der Waals surface area contributed by atoms with Crippen molar-refractivity contribution in [3.8, 4) is 0 Å². The Bertz CT molecular complexity index is 300. The van der Waals surface area contributed by atoms with Crippen LogP contribution in [0.15, 0.2) is 0 Å². The third kappa shape index (κ3) is 2.70. The maximum absolute atomic E-state index is 11.6. The molecule has 0 bridgehead atoms. The second-order valence-corrected chi connectivity index (χ2v) is 4.86. The van der Waals surface area contributed by atoms with Gasteiger partial charge in [0.15, 0.2) is 0 Å². The Hall–Kier alpha value is -1.26. The average Bonchev–Trinajstić information content (AvgIpc) is 2.72. The number of carbonyl (C=O) groups excluding carboxylic acids is 2. The molecular weight excluding hydrogens is 220 g/mol. The van der Waals surface area contributed by atoms with Gasteiger partial charge in [-0.1, -0.05) is 19.3 Å². The molecule has 2 fully saturated rings. The van der Waals surface area contributed by atoms with E-state index in [2.05, 4.69) is 5.32 Å². The first-order valence-corrected chi connectivity index (χ1v) is 6.37. The molecule has 0 aromatic heterocycles. The summed E-state index contributed by atoms with van der Waals surface area (Å²) in [4.78, 5) is 24.8. The normalized spacial score (nSPS) is 25.8. The van der Waals surface area contributed by atoms with Crippen molar-refractivity contribution in [2.75, 3.05) is 20.2 Å². The summed E-state index contributed by atoms with van der Waals surface area (Å²) in [5.74, 6) is 0.396. The van der Waals surface area contributed by atoms with Crippen LogP contribution in [0.2, 0.25) is 0 Å². The van der Waals surface area contributed by atoms with E-state index in [0.717, 1.165) is 12.8 Å². The quantitative estimate of drug-likeness (QED) is 0.804. The molecule has 0 unspecified atom stereocenters. The number of hydrogen-bond acceptors (Lipinski definition) is 3. The first kappa shape index (κ1) is 12.2. The average molecular weight is 240 g/mol. The highest BCUT2D eigenvalue weighted by Gasteiger charge is 2.38. The number of cyclic esters (lactones) is 1. The number of amides is 2. The molecule has 0 spiro atoms. The monoisotopic (exact) mass is 240 g/mol. The van der Waals surface area contributed by atoms with Gasteiger partial charge < -0.3 is 10.1 Å². The van der Waals surface area contributed by atoms with Crippen LogP contribution in [-0.4, -0.2) is 43.1 Å². The lowest BCUT2D eigenvalue weighted by atomic mass is 9.89. The summed E-state index contributed by atoms with van der Waals surface area (Å²) in [5, 5.41) is 2.58. The number of hydrogen-bond donors (Lipinski definition) is 1. The first-order valence-electron chi connectivity index (χ1n) is 6.37. The van der Waals surface area contributed by atoms with Crippen LogP contribution < -0.4 is 5.32 Å². The molecule has 0 radical (unpaired) electrons. The van der Waals surface area contributed by atoms with Crippen molar-refractivity contribution in [2.24, 2.45) is 5.92 Å². The van der Waals surface area contributed by atoms with Gasteiger partial charge in [-0.15, -0.1) is 0 Å². The van der Waals surface area contributed by atoms with E-state index >= 15 is 0 Å². The van der Waals surface area contributed by atoms with E-state index in [-0.39, 0.29) is 18.6 Å². The Morgan fingerprint density at radius 2 is 2.12 bits per heavy atom. The topological polar surface area (TPSA) is 58.6 Å². The van der Waals surface area contributed by atoms with Crippen LogP contribution in [0.3, 0.4) is 0 Å². The number of nitrogens with one attached hydrogen (secondary N) is 1. The number of likely N-dealkylation sites (N-methyl/N-ethyl adjacent to an activating group) is 1. The number of ether oxygens (including phenoxy) is 1. The zero-order valence-electron chi connectivity index (χ0n) is 10.3. The Labute approximate surface area is 101 Å². The van der Waals surface area contributed by atoms with E-state index < -0.39 is 6.04 Å². The molecule has 5 nitrogen and oxygen atoms in total. The van der Waals surface area contributed by atoms with E-state index in [9.17, 15) is 9.59 Å². The Balaban J connectivity index is 1.95. The van der Waals surface area contributed by atoms with E-state index in [1.807, 2.05) is 0 Å². The van der Waals surface area contributed by atoms with E-state index in [0.29, 0.717) is 12.5 Å². The summed E-state index contributed by atoms with van der Waals surface area (Å²) in [6.07, 6.45) is 5.73. The summed E-state index contributed by atoms with van der Waals surface area (Å²) in [6.45, 7) is 0.849. The summed E-state index contributed by atoms with van der Waals surface area (Å²) >= 11 is 0. The largest absolute Gasteiger partial charge is 0.447 e. The molecule has 1 saturated carbocycles. The van der Waals surface area contributed by atoms with Gasteiger partial charge in [-0.25, -0.2) is 4.79 Å². The molecule has 96 valence electrons. The fourth-order valence-corrected chi connectivity index (χ4v) is 2.68. The molecule has 1 aliphatic heterocycles. The molecule has 17 heavy (non-hydrogen) atoms. The van der Waals surface area contributed by atoms with Crippen molar-refractivity contribution in [3.63, 3.8) is 0 Å². The molecule has 1 atom stereocenters. The SMILES string of the molecule is CNC(=O)[C@@H]1COC(=O)N1CC1CCCCC1. The summed E-state index contributed by atoms with van der Waals surface area (Å²) < 4.78 is 4.97. The van der Waals surface area contributed by atoms with Crippen molar-refractivity contribution in [3.05, 3.63) is 0 Å². The van der Waals surface area contributed by atoms with Crippen molar-refractivity contribution < 1.29 is 14.3 Å². The van der Waals surface area contributed by atoms with Crippen molar-refractivity contribution in [1.29, 1.82) is 0 Å². The standard InChI is InChI=1S/C12H20N2O3/c1-13-11(15)10-8-17-12(16)14(10)7-9-5-3-2-4-6-9/h9-10H,2-8H2,1H3,(H,13,15)/t10-/m0/s1. The van der Waals surface area contributed by atoms with Crippen LogP contribution in [0.5, 0.6) is 0 Å². The lowest BCUT2D eigenvalue weighted by molar-refractivity contribution is -0.124. The molecular formula is C12H20N2O3. The highest BCUT2D eigenvalue weighted by atomic mass is 16.6. The van der Waals surface area contributed by atoms with Gasteiger partial charge in [-0.2, -0.15) is 0 Å². The molecule has 1 aliphatic carbocycles. The molecule has 5 heteroatoms. The fraction of sp³-hybridized carbons (Fsp3) is 0.833. The minimum Gasteiger partial charge on any atom is -0.447 e. The van der Waals surface area contributed by atoms with Crippen LogP contribution in [0.4, 0.5) is 4.79 Å². The van der Waals surface area contributed by atoms with Crippen molar-refractivity contribution in [1.82, 2.24) is 10.2 Å². The molecule has 0 aromatic rings. The zero-order valence-corrected chi connectivity index (χ0v) is 10.3. The van der Waals surface area contributed by atoms with Crippen LogP contribution in [0, 0.1) is 5.92 Å². The van der Waals surface area contributed by atoms with Gasteiger partial charge in [0.2, 0.25) is 5.91 Å². The lowest BCUT2D eigenvalue weighted by Crippen LogP contribution is -2.46. The second-order valence-electron chi connectivity index (χ2n) is 4.86. The first-order chi connectivity index (χ1) is 8.22. The minimum absolute atomic E-state index is 0.133. The molecule has 2 rings (SSSR count). The van der Waals surface area contributed by atoms with Crippen LogP contribution in [0.25, 0.3) is 0 Å². The number of rotatable bonds is 3. The smallest absolute Gasteiger partial charge is 0.410 e. The van der Waals surface area contributed by atoms with Gasteiger partial charge in [0.1, 0.15) is 12.6 Å². The lowest BCUT2D eigenvalue weighted by Gasteiger charge is -2.28. The summed E-state index contributed by atoms with van der Waals surface area (Å²) in [5.41, 5.74) is 0. The van der Waals surface area contributed by atoms with Crippen LogP contribution >= 0.6 is 0 Å². The molecule has 2 aliphatic rings. The second kappa shape index (κ2) is 5.38. The van der Waals surface area contributed by atoms with Gasteiger partial charge in [0.05, 0.1) is 0 Å². The van der Waals surface area contributed by atoms with Gasteiger partial charge in [-0.3, -0.25) is 9.69 Å². The Morgan fingerprint density at radius 3 is 2.76 bits per heavy atom. The predicted octanol–water partition coefficient (Wildman–Crippen LogP) is 1.13. The summed E-state index contributed by atoms with van der Waals surface area (Å²) in [7, 11) is 1.59. The van der Waals surface area contributed by atoms with Gasteiger partial charge in [0, 0.05) is 13.6 Å². The van der Waals surface area contributed by atoms with Gasteiger partial charge in [-0.05, 0) is 18.8 Å².